The van der Waals surface area contributed by atoms with Crippen LogP contribution in [0.4, 0.5) is 15.9 Å². The molecule has 212 valence electrons. The predicted octanol–water partition coefficient (Wildman–Crippen LogP) is 6.18. The summed E-state index contributed by atoms with van der Waals surface area (Å²) in [5.74, 6) is 0.103. The molecule has 0 aliphatic heterocycles. The fourth-order valence-electron chi connectivity index (χ4n) is 4.40. The van der Waals surface area contributed by atoms with Gasteiger partial charge in [-0.1, -0.05) is 23.2 Å². The quantitative estimate of drug-likeness (QED) is 0.204. The summed E-state index contributed by atoms with van der Waals surface area (Å²) < 4.78 is 46.6. The van der Waals surface area contributed by atoms with Crippen molar-refractivity contribution in [2.75, 3.05) is 22.9 Å². The third-order valence-electron chi connectivity index (χ3n) is 6.44. The lowest BCUT2D eigenvalue weighted by atomic mass is 10.0. The molecular weight excluding hydrogens is 592 g/mol. The number of hydrogen-bond donors (Lipinski definition) is 2. The van der Waals surface area contributed by atoms with Crippen LogP contribution in [-0.2, 0) is 16.4 Å². The summed E-state index contributed by atoms with van der Waals surface area (Å²) in [6.45, 7) is 1.04. The first-order chi connectivity index (χ1) is 19.6. The van der Waals surface area contributed by atoms with Crippen molar-refractivity contribution in [1.29, 1.82) is 0 Å². The zero-order chi connectivity index (χ0) is 29.3. The van der Waals surface area contributed by atoms with E-state index in [2.05, 4.69) is 14.8 Å². The second-order valence-corrected chi connectivity index (χ2v) is 12.0. The maximum atomic E-state index is 13.5. The molecule has 1 aliphatic rings. The minimum absolute atomic E-state index is 0.0855. The first kappa shape index (κ1) is 28.6. The number of alkyl halides is 1. The van der Waals surface area contributed by atoms with Crippen LogP contribution in [0.5, 0.6) is 11.6 Å². The minimum atomic E-state index is -3.69. The van der Waals surface area contributed by atoms with Gasteiger partial charge in [0.1, 0.15) is 16.6 Å². The highest BCUT2D eigenvalue weighted by molar-refractivity contribution is 7.92. The molecule has 0 saturated heterocycles. The number of allylic oxidation sites excluding steroid dienone is 1. The molecule has 41 heavy (non-hydrogen) atoms. The van der Waals surface area contributed by atoms with Crippen LogP contribution in [0, 0.1) is 6.92 Å². The lowest BCUT2D eigenvalue weighted by Gasteiger charge is -2.12. The summed E-state index contributed by atoms with van der Waals surface area (Å²) in [5, 5.41) is 4.91. The summed E-state index contributed by atoms with van der Waals surface area (Å²) in [6.07, 6.45) is 4.88. The van der Waals surface area contributed by atoms with Crippen LogP contribution in [0.25, 0.3) is 11.8 Å². The maximum absolute atomic E-state index is 13.5. The van der Waals surface area contributed by atoms with E-state index in [1.165, 1.54) is 10.9 Å². The van der Waals surface area contributed by atoms with Crippen molar-refractivity contribution in [2.24, 2.45) is 0 Å². The van der Waals surface area contributed by atoms with Crippen LogP contribution >= 0.6 is 23.2 Å². The maximum Gasteiger partial charge on any atom is 0.238 e. The van der Waals surface area contributed by atoms with Gasteiger partial charge in [0.15, 0.2) is 5.78 Å². The molecule has 4 aromatic rings. The highest BCUT2D eigenvalue weighted by Gasteiger charge is 2.26. The van der Waals surface area contributed by atoms with Gasteiger partial charge in [-0.25, -0.2) is 18.1 Å². The van der Waals surface area contributed by atoms with Crippen molar-refractivity contribution < 1.29 is 22.3 Å². The van der Waals surface area contributed by atoms with Crippen molar-refractivity contribution in [2.45, 2.75) is 19.8 Å². The van der Waals surface area contributed by atoms with Crippen LogP contribution in [0.15, 0.2) is 60.4 Å². The first-order valence-corrected chi connectivity index (χ1v) is 14.8. The van der Waals surface area contributed by atoms with Crippen molar-refractivity contribution in [3.05, 3.63) is 92.7 Å². The molecule has 0 bridgehead atoms. The topological polar surface area (TPSA) is 129 Å². The molecule has 5 rings (SSSR count). The number of pyridine rings is 1. The van der Waals surface area contributed by atoms with Gasteiger partial charge in [-0.2, -0.15) is 5.10 Å². The highest BCUT2D eigenvalue weighted by atomic mass is 35.5. The normalized spacial score (nSPS) is 12.6. The largest absolute Gasteiger partial charge is 0.437 e. The second-order valence-electron chi connectivity index (χ2n) is 9.37. The highest BCUT2D eigenvalue weighted by Crippen LogP contribution is 2.35. The van der Waals surface area contributed by atoms with Crippen molar-refractivity contribution in [3.63, 3.8) is 0 Å². The second kappa shape index (κ2) is 11.5. The molecule has 0 unspecified atom stereocenters. The Labute approximate surface area is 245 Å². The van der Waals surface area contributed by atoms with Gasteiger partial charge in [0.05, 0.1) is 40.6 Å². The number of ether oxygens (including phenoxy) is 1. The third kappa shape index (κ3) is 6.07. The van der Waals surface area contributed by atoms with Crippen molar-refractivity contribution in [3.8, 4) is 17.3 Å². The molecule has 0 radical (unpaired) electrons. The van der Waals surface area contributed by atoms with E-state index >= 15 is 0 Å². The predicted molar refractivity (Wildman–Crippen MR) is 157 cm³/mol. The van der Waals surface area contributed by atoms with E-state index in [-0.39, 0.29) is 46.7 Å². The number of rotatable bonds is 10. The molecule has 0 fully saturated rings. The zero-order valence-corrected chi connectivity index (χ0v) is 24.0. The number of ketones is 1. The number of nitrogens with one attached hydrogen (secondary N) is 1. The third-order valence-corrected chi connectivity index (χ3v) is 8.39. The summed E-state index contributed by atoms with van der Waals surface area (Å²) >= 11 is 12.6. The average Bonchev–Trinajstić information content (AvgIpc) is 3.51. The summed E-state index contributed by atoms with van der Waals surface area (Å²) in [4.78, 5) is 17.5. The molecule has 0 atom stereocenters. The number of sulfonamides is 1. The smallest absolute Gasteiger partial charge is 0.238 e. The summed E-state index contributed by atoms with van der Waals surface area (Å²) in [6, 6.07) is 11.7. The Kier molecular flexibility index (Phi) is 8.03. The fraction of sp³-hybridized carbons (Fsp3) is 0.179. The molecule has 3 N–H and O–H groups in total. The molecule has 9 nitrogen and oxygen atoms in total. The van der Waals surface area contributed by atoms with Gasteiger partial charge in [0, 0.05) is 24.3 Å². The zero-order valence-electron chi connectivity index (χ0n) is 21.7. The van der Waals surface area contributed by atoms with Gasteiger partial charge in [-0.05, 0) is 72.5 Å². The molecule has 1 aliphatic carbocycles. The van der Waals surface area contributed by atoms with E-state index in [0.717, 1.165) is 11.1 Å². The minimum Gasteiger partial charge on any atom is -0.437 e. The van der Waals surface area contributed by atoms with Crippen LogP contribution in [-0.4, -0.2) is 41.4 Å². The van der Waals surface area contributed by atoms with E-state index < -0.39 is 16.7 Å². The number of nitrogens with zero attached hydrogens (tertiary/aromatic N) is 3. The number of aromatic nitrogens is 3. The van der Waals surface area contributed by atoms with Crippen LogP contribution < -0.4 is 15.2 Å². The number of halogens is 3. The Morgan fingerprint density at radius 2 is 2.00 bits per heavy atom. The average molecular weight is 617 g/mol. The number of carbonyl (C=O) groups excluding carboxylic acids is 1. The lowest BCUT2D eigenvalue weighted by molar-refractivity contribution is 0.103. The molecule has 0 spiro atoms. The van der Waals surface area contributed by atoms with Crippen molar-refractivity contribution >= 4 is 56.6 Å². The van der Waals surface area contributed by atoms with E-state index in [1.807, 2.05) is 0 Å². The molecule has 2 aromatic carbocycles. The number of Topliss-reactive ketones (excluding diaryl/α,β-unsaturated/α-hetero) is 1. The Morgan fingerprint density at radius 3 is 2.73 bits per heavy atom. The monoisotopic (exact) mass is 615 g/mol. The van der Waals surface area contributed by atoms with Gasteiger partial charge in [0.2, 0.25) is 15.9 Å². The van der Waals surface area contributed by atoms with Crippen LogP contribution in [0.1, 0.15) is 33.5 Å². The van der Waals surface area contributed by atoms with E-state index in [9.17, 15) is 17.6 Å². The Bertz CT molecular complexity index is 1810. The number of fused-ring (bicyclic) bond motifs is 1. The number of aryl methyl sites for hydroxylation is 1. The van der Waals surface area contributed by atoms with Gasteiger partial charge < -0.3 is 10.5 Å². The summed E-state index contributed by atoms with van der Waals surface area (Å²) in [5.41, 5.74) is 10.1. The Balaban J connectivity index is 1.34. The van der Waals surface area contributed by atoms with Crippen LogP contribution in [0.2, 0.25) is 10.0 Å². The molecule has 2 heterocycles. The number of hydrogen-bond acceptors (Lipinski definition) is 7. The lowest BCUT2D eigenvalue weighted by Crippen LogP contribution is -2.18. The number of carbonyl (C=O) groups is 1. The number of benzene rings is 2. The van der Waals surface area contributed by atoms with Gasteiger partial charge in [-0.15, -0.1) is 0 Å². The van der Waals surface area contributed by atoms with Gasteiger partial charge in [-0.3, -0.25) is 13.9 Å². The Hall–Kier alpha value is -3.93. The number of nitrogens with two attached hydrogens (primary N) is 1. The fourth-order valence-corrected chi connectivity index (χ4v) is 5.96. The first-order valence-electron chi connectivity index (χ1n) is 12.4. The van der Waals surface area contributed by atoms with E-state index in [1.54, 1.807) is 61.7 Å². The number of anilines is 2. The number of nitrogen functional groups attached to an aromatic ring is 1. The molecule has 2 aromatic heterocycles. The van der Waals surface area contributed by atoms with Gasteiger partial charge >= 0.3 is 0 Å². The van der Waals surface area contributed by atoms with Crippen LogP contribution in [0.3, 0.4) is 0 Å². The molecule has 13 heteroatoms. The van der Waals surface area contributed by atoms with E-state index in [0.29, 0.717) is 33.3 Å². The van der Waals surface area contributed by atoms with Gasteiger partial charge in [0.25, 0.3) is 0 Å². The molecule has 0 amide bonds. The van der Waals surface area contributed by atoms with E-state index in [4.69, 9.17) is 33.7 Å². The van der Waals surface area contributed by atoms with Crippen molar-refractivity contribution in [1.82, 2.24) is 14.8 Å². The molecule has 0 saturated carbocycles. The Morgan fingerprint density at radius 1 is 1.20 bits per heavy atom. The standard InChI is InChI=1S/C28H24Cl2FN5O4S/c1-16-10-17-11-19(12-18(17)13-24(16)35-41(38,39)9-3-7-31)26(37)21-15-34-36(27(21)32)25-6-5-20(14-23(25)30)40-28-22(29)4-2-8-33-28/h2,4-6,8,10-11,13-15,35H,3,7,9,12,32H2,1H3. The SMILES string of the molecule is Cc1cc2c(cc1NS(=O)(=O)CCCF)CC(C(=O)c1cnn(-c3ccc(Oc4ncccc4Cl)cc3Cl)c1N)=C2. The summed E-state index contributed by atoms with van der Waals surface area (Å²) in [7, 11) is -3.69. The molecular formula is C28H24Cl2FN5O4S.